The van der Waals surface area contributed by atoms with Gasteiger partial charge in [-0.05, 0) is 18.9 Å². The van der Waals surface area contributed by atoms with E-state index < -0.39 is 4.92 Å². The number of methoxy groups -OCH3 is 1. The molecule has 0 radical (unpaired) electrons. The molecular formula is C16H23N3O4. The van der Waals surface area contributed by atoms with Crippen LogP contribution in [0.25, 0.3) is 0 Å². The fourth-order valence-electron chi connectivity index (χ4n) is 2.83. The van der Waals surface area contributed by atoms with Crippen molar-refractivity contribution in [3.63, 3.8) is 0 Å². The molecule has 1 fully saturated rings. The van der Waals surface area contributed by atoms with E-state index in [-0.39, 0.29) is 24.2 Å². The van der Waals surface area contributed by atoms with Gasteiger partial charge >= 0.3 is 0 Å². The fraction of sp³-hybridized carbons (Fsp3) is 0.562. The Morgan fingerprint density at radius 2 is 2.00 bits per heavy atom. The predicted octanol–water partition coefficient (Wildman–Crippen LogP) is 2.85. The number of carbonyl (C=O) groups is 1. The Balaban J connectivity index is 1.92. The van der Waals surface area contributed by atoms with Gasteiger partial charge in [0.25, 0.3) is 5.69 Å². The third-order valence-electron chi connectivity index (χ3n) is 4.05. The van der Waals surface area contributed by atoms with Gasteiger partial charge in [0, 0.05) is 18.2 Å². The highest BCUT2D eigenvalue weighted by atomic mass is 16.6. The Morgan fingerprint density at radius 1 is 1.30 bits per heavy atom. The first kappa shape index (κ1) is 17.1. The highest BCUT2D eigenvalue weighted by Gasteiger charge is 2.16. The number of nitrogens with one attached hydrogen (secondary N) is 2. The molecule has 0 aliphatic heterocycles. The number of nitrogens with zero attached hydrogens (tertiary/aromatic N) is 1. The maximum Gasteiger partial charge on any atom is 0.271 e. The molecule has 0 heterocycles. The summed E-state index contributed by atoms with van der Waals surface area (Å²) in [5, 5.41) is 16.8. The number of hydrogen-bond acceptors (Lipinski definition) is 5. The van der Waals surface area contributed by atoms with Crippen LogP contribution in [0.4, 0.5) is 11.4 Å². The van der Waals surface area contributed by atoms with Crippen LogP contribution >= 0.6 is 0 Å². The van der Waals surface area contributed by atoms with Crippen LogP contribution in [0.1, 0.15) is 38.5 Å². The number of non-ortho nitro benzene ring substituents is 1. The Bertz CT molecular complexity index is 554. The number of anilines is 1. The zero-order chi connectivity index (χ0) is 16.7. The Labute approximate surface area is 135 Å². The maximum atomic E-state index is 12.1. The third kappa shape index (κ3) is 5.12. The highest BCUT2D eigenvalue weighted by molar-refractivity contribution is 5.81. The molecule has 0 unspecified atom stereocenters. The summed E-state index contributed by atoms with van der Waals surface area (Å²) in [6.45, 7) is 0.0635. The number of rotatable bonds is 6. The molecular weight excluding hydrogens is 298 g/mol. The minimum atomic E-state index is -0.476. The van der Waals surface area contributed by atoms with E-state index in [1.54, 1.807) is 0 Å². The topological polar surface area (TPSA) is 93.5 Å². The molecule has 0 spiro atoms. The van der Waals surface area contributed by atoms with Crippen molar-refractivity contribution >= 4 is 17.3 Å². The molecule has 1 aromatic rings. The number of nitro benzene ring substituents is 1. The Hall–Kier alpha value is -2.31. The van der Waals surface area contributed by atoms with Crippen LogP contribution in [-0.4, -0.2) is 30.5 Å². The van der Waals surface area contributed by atoms with Crippen molar-refractivity contribution in [3.8, 4) is 5.75 Å². The molecule has 0 bridgehead atoms. The van der Waals surface area contributed by atoms with Gasteiger partial charge in [-0.2, -0.15) is 0 Å². The van der Waals surface area contributed by atoms with Gasteiger partial charge in [-0.1, -0.05) is 25.7 Å². The van der Waals surface area contributed by atoms with Crippen LogP contribution in [0.3, 0.4) is 0 Å². The molecule has 2 rings (SSSR count). The molecule has 0 saturated heterocycles. The lowest BCUT2D eigenvalue weighted by Gasteiger charge is -2.17. The summed E-state index contributed by atoms with van der Waals surface area (Å²) in [5.74, 6) is 0.364. The second kappa shape index (κ2) is 8.36. The lowest BCUT2D eigenvalue weighted by molar-refractivity contribution is -0.384. The van der Waals surface area contributed by atoms with E-state index in [1.165, 1.54) is 38.2 Å². The maximum absolute atomic E-state index is 12.1. The van der Waals surface area contributed by atoms with Crippen molar-refractivity contribution in [2.24, 2.45) is 0 Å². The van der Waals surface area contributed by atoms with Crippen molar-refractivity contribution in [2.75, 3.05) is 19.0 Å². The normalized spacial score (nSPS) is 15.5. The second-order valence-corrected chi connectivity index (χ2v) is 5.75. The van der Waals surface area contributed by atoms with Gasteiger partial charge in [-0.15, -0.1) is 0 Å². The van der Waals surface area contributed by atoms with E-state index in [2.05, 4.69) is 10.6 Å². The molecule has 7 nitrogen and oxygen atoms in total. The van der Waals surface area contributed by atoms with Gasteiger partial charge < -0.3 is 15.4 Å². The van der Waals surface area contributed by atoms with Crippen molar-refractivity contribution in [3.05, 3.63) is 28.3 Å². The number of amides is 1. The van der Waals surface area contributed by atoms with Crippen LogP contribution < -0.4 is 15.4 Å². The number of ether oxygens (including phenoxy) is 1. The number of carbonyl (C=O) groups excluding carboxylic acids is 1. The smallest absolute Gasteiger partial charge is 0.271 e. The molecule has 7 heteroatoms. The van der Waals surface area contributed by atoms with Gasteiger partial charge in [-0.3, -0.25) is 14.9 Å². The monoisotopic (exact) mass is 321 g/mol. The van der Waals surface area contributed by atoms with Crippen molar-refractivity contribution in [1.82, 2.24) is 5.32 Å². The molecule has 23 heavy (non-hydrogen) atoms. The van der Waals surface area contributed by atoms with Crippen LogP contribution in [0.5, 0.6) is 5.75 Å². The fourth-order valence-corrected chi connectivity index (χ4v) is 2.83. The van der Waals surface area contributed by atoms with E-state index in [4.69, 9.17) is 4.74 Å². The van der Waals surface area contributed by atoms with Crippen molar-refractivity contribution in [2.45, 2.75) is 44.6 Å². The molecule has 1 aliphatic rings. The number of nitro groups is 1. The van der Waals surface area contributed by atoms with E-state index in [9.17, 15) is 14.9 Å². The lowest BCUT2D eigenvalue weighted by Crippen LogP contribution is -2.38. The van der Waals surface area contributed by atoms with Crippen molar-refractivity contribution in [1.29, 1.82) is 0 Å². The van der Waals surface area contributed by atoms with Gasteiger partial charge in [0.2, 0.25) is 5.91 Å². The van der Waals surface area contributed by atoms with E-state index in [1.807, 2.05) is 0 Å². The first-order valence-electron chi connectivity index (χ1n) is 7.96. The zero-order valence-corrected chi connectivity index (χ0v) is 13.3. The first-order chi connectivity index (χ1) is 11.1. The van der Waals surface area contributed by atoms with Crippen LogP contribution in [-0.2, 0) is 4.79 Å². The van der Waals surface area contributed by atoms with Crippen LogP contribution in [0, 0.1) is 10.1 Å². The molecule has 2 N–H and O–H groups in total. The average molecular weight is 321 g/mol. The van der Waals surface area contributed by atoms with Gasteiger partial charge in [0.15, 0.2) is 0 Å². The molecule has 1 amide bonds. The standard InChI is InChI=1S/C16H23N3O4/c1-23-15-9-8-13(19(21)22)10-14(15)17-11-16(20)18-12-6-4-2-3-5-7-12/h8-10,12,17H,2-7,11H2,1H3,(H,18,20). The van der Waals surface area contributed by atoms with Crippen LogP contribution in [0.15, 0.2) is 18.2 Å². The second-order valence-electron chi connectivity index (χ2n) is 5.75. The number of hydrogen-bond donors (Lipinski definition) is 2. The molecule has 1 aliphatic carbocycles. The van der Waals surface area contributed by atoms with Crippen molar-refractivity contribution < 1.29 is 14.5 Å². The Morgan fingerprint density at radius 3 is 2.61 bits per heavy atom. The summed E-state index contributed by atoms with van der Waals surface area (Å²) in [5.41, 5.74) is 0.398. The van der Waals surface area contributed by atoms with E-state index >= 15 is 0 Å². The van der Waals surface area contributed by atoms with Gasteiger partial charge in [0.05, 0.1) is 24.3 Å². The summed E-state index contributed by atoms with van der Waals surface area (Å²) in [4.78, 5) is 22.4. The summed E-state index contributed by atoms with van der Waals surface area (Å²) >= 11 is 0. The predicted molar refractivity (Wildman–Crippen MR) is 87.8 cm³/mol. The summed E-state index contributed by atoms with van der Waals surface area (Å²) in [6, 6.07) is 4.50. The quantitative estimate of drug-likeness (QED) is 0.477. The molecule has 0 atom stereocenters. The number of benzene rings is 1. The third-order valence-corrected chi connectivity index (χ3v) is 4.05. The van der Waals surface area contributed by atoms with E-state index in [0.29, 0.717) is 11.4 Å². The average Bonchev–Trinajstić information content (AvgIpc) is 2.81. The Kier molecular flexibility index (Phi) is 6.19. The van der Waals surface area contributed by atoms with E-state index in [0.717, 1.165) is 25.7 Å². The van der Waals surface area contributed by atoms with Crippen LogP contribution in [0.2, 0.25) is 0 Å². The minimum Gasteiger partial charge on any atom is -0.495 e. The summed E-state index contributed by atoms with van der Waals surface area (Å²) in [7, 11) is 1.48. The van der Waals surface area contributed by atoms with Gasteiger partial charge in [0.1, 0.15) is 5.75 Å². The molecule has 0 aromatic heterocycles. The SMILES string of the molecule is COc1ccc([N+](=O)[O-])cc1NCC(=O)NC1CCCCCC1. The molecule has 1 saturated carbocycles. The summed E-state index contributed by atoms with van der Waals surface area (Å²) in [6.07, 6.45) is 6.80. The lowest BCUT2D eigenvalue weighted by atomic mass is 10.1. The molecule has 126 valence electrons. The molecule has 1 aromatic carbocycles. The largest absolute Gasteiger partial charge is 0.495 e. The summed E-state index contributed by atoms with van der Waals surface area (Å²) < 4.78 is 5.16. The zero-order valence-electron chi connectivity index (χ0n) is 13.3. The highest BCUT2D eigenvalue weighted by Crippen LogP contribution is 2.28. The van der Waals surface area contributed by atoms with Gasteiger partial charge in [-0.25, -0.2) is 0 Å². The minimum absolute atomic E-state index is 0.0440. The first-order valence-corrected chi connectivity index (χ1v) is 7.96.